The van der Waals surface area contributed by atoms with Crippen LogP contribution in [0.4, 0.5) is 0 Å². The number of nitrogens with zero attached hydrogens (tertiary/aromatic N) is 3. The lowest BCUT2D eigenvalue weighted by atomic mass is 9.81. The van der Waals surface area contributed by atoms with Crippen LogP contribution >= 0.6 is 11.3 Å². The summed E-state index contributed by atoms with van der Waals surface area (Å²) in [4.78, 5) is 11.4. The first-order valence-corrected chi connectivity index (χ1v) is 16.6. The molecule has 0 N–H and O–H groups in total. The molecule has 0 radical (unpaired) electrons. The zero-order valence-electron chi connectivity index (χ0n) is 30.1. The first kappa shape index (κ1) is 26.0. The zero-order chi connectivity index (χ0) is 34.1. The summed E-state index contributed by atoms with van der Waals surface area (Å²) in [7, 11) is 0. The number of benzene rings is 4. The van der Waals surface area contributed by atoms with Crippen molar-refractivity contribution in [3.63, 3.8) is 0 Å². The quantitative estimate of drug-likeness (QED) is 0.194. The van der Waals surface area contributed by atoms with E-state index in [2.05, 4.69) is 114 Å². The minimum Gasteiger partial charge on any atom is -0.292 e. The normalized spacial score (nSPS) is 13.7. The number of hydrogen-bond donors (Lipinski definition) is 0. The van der Waals surface area contributed by atoms with E-state index < -0.39 is 6.85 Å². The van der Waals surface area contributed by atoms with Gasteiger partial charge in [-0.2, -0.15) is 0 Å². The molecule has 45 heavy (non-hydrogen) atoms. The lowest BCUT2D eigenvalue weighted by molar-refractivity contribution is 0.586. The molecule has 0 saturated carbocycles. The van der Waals surface area contributed by atoms with Crippen LogP contribution in [0.25, 0.3) is 59.7 Å². The van der Waals surface area contributed by atoms with Crippen molar-refractivity contribution in [2.45, 2.75) is 72.6 Å². The maximum atomic E-state index is 7.73. The van der Waals surface area contributed by atoms with Crippen LogP contribution in [0.3, 0.4) is 0 Å². The van der Waals surface area contributed by atoms with E-state index in [-0.39, 0.29) is 5.41 Å². The van der Waals surface area contributed by atoms with Crippen molar-refractivity contribution in [2.75, 3.05) is 0 Å². The van der Waals surface area contributed by atoms with Gasteiger partial charge in [0.05, 0.1) is 22.4 Å². The summed E-state index contributed by atoms with van der Waals surface area (Å²) in [5, 5.41) is 2.25. The van der Waals surface area contributed by atoms with Gasteiger partial charge >= 0.3 is 0 Å². The van der Waals surface area contributed by atoms with E-state index in [4.69, 9.17) is 14.1 Å². The second-order valence-corrected chi connectivity index (χ2v) is 14.7. The minimum absolute atomic E-state index is 0.0255. The fourth-order valence-electron chi connectivity index (χ4n) is 6.34. The molecule has 0 aliphatic rings. The molecular formula is C41H41N3S. The fraction of sp³-hybridized carbons (Fsp3) is 0.268. The van der Waals surface area contributed by atoms with Crippen molar-refractivity contribution in [3.8, 4) is 28.3 Å². The molecule has 4 aromatic carbocycles. The smallest absolute Gasteiger partial charge is 0.147 e. The van der Waals surface area contributed by atoms with E-state index in [1.165, 1.54) is 22.4 Å². The highest BCUT2D eigenvalue weighted by molar-refractivity contribution is 7.26. The third-order valence-electron chi connectivity index (χ3n) is 8.85. The van der Waals surface area contributed by atoms with Crippen molar-refractivity contribution >= 4 is 42.7 Å². The van der Waals surface area contributed by atoms with Gasteiger partial charge in [-0.05, 0) is 71.1 Å². The first-order valence-electron chi connectivity index (χ1n) is 17.3. The Kier molecular flexibility index (Phi) is 6.33. The summed E-state index contributed by atoms with van der Waals surface area (Å²) in [6.07, 6.45) is 0. The van der Waals surface area contributed by atoms with E-state index in [1.54, 1.807) is 23.5 Å². The van der Waals surface area contributed by atoms with Crippen molar-refractivity contribution in [1.29, 1.82) is 0 Å². The number of rotatable bonds is 5. The predicted molar refractivity (Wildman–Crippen MR) is 194 cm³/mol. The Morgan fingerprint density at radius 3 is 2.13 bits per heavy atom. The van der Waals surface area contributed by atoms with Crippen LogP contribution < -0.4 is 0 Å². The average Bonchev–Trinajstić information content (AvgIpc) is 3.61. The standard InChI is InChI=1S/C41H41N3S/c1-24(2)32-22-28(41(6,7)8)23-33(25(3)4)37(32)44-36-15-10-9-14-35(36)42-39(44)31-13-11-12-29-30-20-21-34(43-40(30)45-38(29)31)27-18-16-26(5)17-19-27/h9-25H,1-8H3/i5D3. The molecule has 0 spiro atoms. The third kappa shape index (κ3) is 5.06. The van der Waals surface area contributed by atoms with Gasteiger partial charge in [-0.1, -0.05) is 115 Å². The van der Waals surface area contributed by atoms with Crippen LogP contribution in [-0.4, -0.2) is 14.5 Å². The van der Waals surface area contributed by atoms with Crippen molar-refractivity contribution < 1.29 is 4.11 Å². The summed E-state index contributed by atoms with van der Waals surface area (Å²) < 4.78 is 26.7. The van der Waals surface area contributed by atoms with Gasteiger partial charge in [-0.15, -0.1) is 11.3 Å². The largest absolute Gasteiger partial charge is 0.292 e. The average molecular weight is 611 g/mol. The second-order valence-electron chi connectivity index (χ2n) is 13.7. The topological polar surface area (TPSA) is 30.7 Å². The highest BCUT2D eigenvalue weighted by Crippen LogP contribution is 2.44. The molecule has 4 heteroatoms. The Morgan fingerprint density at radius 1 is 0.756 bits per heavy atom. The van der Waals surface area contributed by atoms with Crippen LogP contribution in [0.1, 0.15) is 86.7 Å². The summed E-state index contributed by atoms with van der Waals surface area (Å²) in [5.74, 6) is 1.55. The lowest BCUT2D eigenvalue weighted by Gasteiger charge is -2.28. The molecule has 0 atom stereocenters. The minimum atomic E-state index is -2.13. The molecule has 0 saturated heterocycles. The number of aryl methyl sites for hydroxylation is 1. The monoisotopic (exact) mass is 610 g/mol. The summed E-state index contributed by atoms with van der Waals surface area (Å²) in [6.45, 7) is 13.9. The van der Waals surface area contributed by atoms with E-state index >= 15 is 0 Å². The molecule has 3 aromatic heterocycles. The van der Waals surface area contributed by atoms with Crippen LogP contribution in [0, 0.1) is 6.85 Å². The van der Waals surface area contributed by atoms with Crippen LogP contribution in [0.2, 0.25) is 0 Å². The number of thiophene rings is 1. The second kappa shape index (κ2) is 11.0. The Bertz CT molecular complexity index is 2290. The van der Waals surface area contributed by atoms with Gasteiger partial charge in [0.25, 0.3) is 0 Å². The van der Waals surface area contributed by atoms with Crippen molar-refractivity contribution in [1.82, 2.24) is 14.5 Å². The molecule has 0 aliphatic carbocycles. The summed E-state index contributed by atoms with van der Waals surface area (Å²) in [5.41, 5.74) is 10.5. The molecule has 0 fully saturated rings. The van der Waals surface area contributed by atoms with E-state index in [1.807, 2.05) is 18.2 Å². The van der Waals surface area contributed by atoms with E-state index in [9.17, 15) is 0 Å². The van der Waals surface area contributed by atoms with Gasteiger partial charge in [0.1, 0.15) is 10.7 Å². The SMILES string of the molecule is [2H]C([2H])([2H])c1ccc(-c2ccc3c(n2)sc2c(-c4nc5ccccc5n4-c4c(C(C)C)cc(C(C)(C)C)cc4C(C)C)cccc23)cc1. The van der Waals surface area contributed by atoms with E-state index in [0.717, 1.165) is 54.0 Å². The van der Waals surface area contributed by atoms with Gasteiger partial charge in [0.15, 0.2) is 0 Å². The molecule has 3 nitrogen and oxygen atoms in total. The number of fused-ring (bicyclic) bond motifs is 4. The highest BCUT2D eigenvalue weighted by Gasteiger charge is 2.26. The summed E-state index contributed by atoms with van der Waals surface area (Å²) in [6, 6.07) is 31.0. The first-order chi connectivity index (χ1) is 22.7. The lowest BCUT2D eigenvalue weighted by Crippen LogP contribution is -2.16. The van der Waals surface area contributed by atoms with Gasteiger partial charge in [0, 0.05) is 30.7 Å². The summed E-state index contributed by atoms with van der Waals surface area (Å²) >= 11 is 1.69. The maximum absolute atomic E-state index is 7.73. The molecule has 7 aromatic rings. The number of imidazole rings is 1. The number of aromatic nitrogens is 3. The van der Waals surface area contributed by atoms with Crippen LogP contribution in [-0.2, 0) is 5.41 Å². The highest BCUT2D eigenvalue weighted by atomic mass is 32.1. The van der Waals surface area contributed by atoms with Gasteiger partial charge in [-0.25, -0.2) is 9.97 Å². The Morgan fingerprint density at radius 2 is 1.47 bits per heavy atom. The molecule has 7 rings (SSSR count). The van der Waals surface area contributed by atoms with Crippen LogP contribution in [0.15, 0.2) is 91.0 Å². The van der Waals surface area contributed by atoms with E-state index in [0.29, 0.717) is 17.4 Å². The molecular weight excluding hydrogens is 567 g/mol. The van der Waals surface area contributed by atoms with Crippen LogP contribution in [0.5, 0.6) is 0 Å². The molecule has 0 bridgehead atoms. The predicted octanol–water partition coefficient (Wildman–Crippen LogP) is 12.0. The van der Waals surface area contributed by atoms with Gasteiger partial charge < -0.3 is 0 Å². The number of pyridine rings is 1. The Labute approximate surface area is 274 Å². The molecule has 0 aliphatic heterocycles. The van der Waals surface area contributed by atoms with Gasteiger partial charge in [-0.3, -0.25) is 4.57 Å². The molecule has 226 valence electrons. The fourth-order valence-corrected chi connectivity index (χ4v) is 7.52. The number of hydrogen-bond acceptors (Lipinski definition) is 3. The number of para-hydroxylation sites is 2. The molecule has 0 amide bonds. The Hall–Kier alpha value is -4.28. The molecule has 0 unspecified atom stereocenters. The Balaban J connectivity index is 1.48. The van der Waals surface area contributed by atoms with Crippen molar-refractivity contribution in [3.05, 3.63) is 113 Å². The maximum Gasteiger partial charge on any atom is 0.147 e. The zero-order valence-corrected chi connectivity index (χ0v) is 27.9. The van der Waals surface area contributed by atoms with Gasteiger partial charge in [0.2, 0.25) is 0 Å². The van der Waals surface area contributed by atoms with Crippen molar-refractivity contribution in [2.24, 2.45) is 0 Å². The third-order valence-corrected chi connectivity index (χ3v) is 10.00. The molecule has 3 heterocycles.